The molecule has 0 spiro atoms. The molecule has 82 valence electrons. The van der Waals surface area contributed by atoms with Crippen LogP contribution < -0.4 is 10.2 Å². The SMILES string of the molecule is COc1cc(=O)c(-c2ccccc2)nn1C. The Kier molecular flexibility index (Phi) is 2.72. The second kappa shape index (κ2) is 4.18. The lowest BCUT2D eigenvalue weighted by molar-refractivity contribution is 0.365. The summed E-state index contributed by atoms with van der Waals surface area (Å²) in [5.41, 5.74) is 1.11. The van der Waals surface area contributed by atoms with Crippen LogP contribution in [0.3, 0.4) is 0 Å². The third kappa shape index (κ3) is 1.82. The molecule has 1 aromatic carbocycles. The van der Waals surface area contributed by atoms with Gasteiger partial charge in [0.05, 0.1) is 7.11 Å². The van der Waals surface area contributed by atoms with Crippen LogP contribution in [0.2, 0.25) is 0 Å². The molecule has 0 aliphatic heterocycles. The maximum absolute atomic E-state index is 11.8. The van der Waals surface area contributed by atoms with Crippen molar-refractivity contribution in [3.8, 4) is 17.1 Å². The van der Waals surface area contributed by atoms with Gasteiger partial charge in [0, 0.05) is 18.7 Å². The van der Waals surface area contributed by atoms with Gasteiger partial charge >= 0.3 is 0 Å². The van der Waals surface area contributed by atoms with Gasteiger partial charge in [-0.15, -0.1) is 0 Å². The van der Waals surface area contributed by atoms with E-state index in [-0.39, 0.29) is 5.43 Å². The minimum atomic E-state index is -0.138. The van der Waals surface area contributed by atoms with E-state index in [1.165, 1.54) is 13.2 Å². The molecule has 4 nitrogen and oxygen atoms in total. The van der Waals surface area contributed by atoms with Crippen molar-refractivity contribution in [3.63, 3.8) is 0 Å². The molecule has 0 atom stereocenters. The Labute approximate surface area is 93.1 Å². The van der Waals surface area contributed by atoms with E-state index in [4.69, 9.17) is 4.74 Å². The molecule has 0 N–H and O–H groups in total. The van der Waals surface area contributed by atoms with Crippen molar-refractivity contribution in [2.24, 2.45) is 7.05 Å². The van der Waals surface area contributed by atoms with Crippen LogP contribution in [-0.4, -0.2) is 16.9 Å². The summed E-state index contributed by atoms with van der Waals surface area (Å²) in [6.45, 7) is 0. The van der Waals surface area contributed by atoms with Crippen LogP contribution in [0, 0.1) is 0 Å². The summed E-state index contributed by atoms with van der Waals surface area (Å²) in [7, 11) is 3.25. The summed E-state index contributed by atoms with van der Waals surface area (Å²) in [6, 6.07) is 10.8. The number of aromatic nitrogens is 2. The van der Waals surface area contributed by atoms with Crippen molar-refractivity contribution >= 4 is 0 Å². The number of nitrogens with zero attached hydrogens (tertiary/aromatic N) is 2. The third-order valence-corrected chi connectivity index (χ3v) is 2.31. The van der Waals surface area contributed by atoms with Crippen molar-refractivity contribution < 1.29 is 4.74 Å². The van der Waals surface area contributed by atoms with Crippen LogP contribution in [0.15, 0.2) is 41.2 Å². The van der Waals surface area contributed by atoms with Gasteiger partial charge in [0.15, 0.2) is 0 Å². The van der Waals surface area contributed by atoms with Crippen LogP contribution in [0.5, 0.6) is 5.88 Å². The van der Waals surface area contributed by atoms with E-state index in [9.17, 15) is 4.79 Å². The molecule has 16 heavy (non-hydrogen) atoms. The zero-order chi connectivity index (χ0) is 11.5. The van der Waals surface area contributed by atoms with Gasteiger partial charge in [0.2, 0.25) is 11.3 Å². The molecule has 4 heteroatoms. The van der Waals surface area contributed by atoms with Crippen LogP contribution in [0.1, 0.15) is 0 Å². The van der Waals surface area contributed by atoms with Crippen molar-refractivity contribution in [2.45, 2.75) is 0 Å². The molecule has 0 aliphatic carbocycles. The average molecular weight is 216 g/mol. The second-order valence-electron chi connectivity index (χ2n) is 3.39. The predicted octanol–water partition coefficient (Wildman–Crippen LogP) is 1.46. The van der Waals surface area contributed by atoms with Gasteiger partial charge in [-0.3, -0.25) is 4.79 Å². The van der Waals surface area contributed by atoms with Gasteiger partial charge in [-0.05, 0) is 0 Å². The van der Waals surface area contributed by atoms with Crippen molar-refractivity contribution in [2.75, 3.05) is 7.11 Å². The van der Waals surface area contributed by atoms with Crippen LogP contribution in [-0.2, 0) is 7.05 Å². The maximum atomic E-state index is 11.8. The molecule has 0 amide bonds. The van der Waals surface area contributed by atoms with Crippen LogP contribution in [0.4, 0.5) is 0 Å². The van der Waals surface area contributed by atoms with Crippen molar-refractivity contribution in [1.29, 1.82) is 0 Å². The number of methoxy groups -OCH3 is 1. The standard InChI is InChI=1S/C12H12N2O2/c1-14-11(16-2)8-10(15)12(13-14)9-6-4-3-5-7-9/h3-8H,1-2H3. The van der Waals surface area contributed by atoms with Gasteiger partial charge in [-0.1, -0.05) is 30.3 Å². The van der Waals surface area contributed by atoms with Crippen LogP contribution in [0.25, 0.3) is 11.3 Å². The summed E-state index contributed by atoms with van der Waals surface area (Å²) in [5.74, 6) is 0.449. The third-order valence-electron chi connectivity index (χ3n) is 2.31. The molecule has 2 aromatic rings. The first-order chi connectivity index (χ1) is 7.72. The zero-order valence-corrected chi connectivity index (χ0v) is 9.18. The molecule has 2 rings (SSSR count). The Morgan fingerprint density at radius 2 is 1.94 bits per heavy atom. The van der Waals surface area contributed by atoms with Crippen LogP contribution >= 0.6 is 0 Å². The van der Waals surface area contributed by atoms with E-state index in [1.807, 2.05) is 30.3 Å². The maximum Gasteiger partial charge on any atom is 0.213 e. The highest BCUT2D eigenvalue weighted by molar-refractivity contribution is 5.58. The van der Waals surface area contributed by atoms with E-state index in [0.717, 1.165) is 5.56 Å². The lowest BCUT2D eigenvalue weighted by atomic mass is 10.1. The summed E-state index contributed by atoms with van der Waals surface area (Å²) in [5, 5.41) is 4.19. The largest absolute Gasteiger partial charge is 0.481 e. The quantitative estimate of drug-likeness (QED) is 0.763. The molecule has 0 radical (unpaired) electrons. The van der Waals surface area contributed by atoms with Crippen molar-refractivity contribution in [1.82, 2.24) is 9.78 Å². The summed E-state index contributed by atoms with van der Waals surface area (Å²) in [6.07, 6.45) is 0. The highest BCUT2D eigenvalue weighted by atomic mass is 16.5. The van der Waals surface area contributed by atoms with Gasteiger partial charge in [-0.25, -0.2) is 4.68 Å². The summed E-state index contributed by atoms with van der Waals surface area (Å²) >= 11 is 0. The Balaban J connectivity index is 2.60. The Morgan fingerprint density at radius 1 is 1.25 bits per heavy atom. The smallest absolute Gasteiger partial charge is 0.213 e. The molecule has 0 unspecified atom stereocenters. The van der Waals surface area contributed by atoms with E-state index < -0.39 is 0 Å². The van der Waals surface area contributed by atoms with Gasteiger partial charge in [0.1, 0.15) is 5.69 Å². The molecule has 1 aromatic heterocycles. The average Bonchev–Trinajstić information content (AvgIpc) is 2.32. The molecule has 0 saturated carbocycles. The van der Waals surface area contributed by atoms with Crippen molar-refractivity contribution in [3.05, 3.63) is 46.6 Å². The highest BCUT2D eigenvalue weighted by Crippen LogP contribution is 2.13. The first kappa shape index (κ1) is 10.4. The number of hydrogen-bond donors (Lipinski definition) is 0. The molecule has 0 aliphatic rings. The highest BCUT2D eigenvalue weighted by Gasteiger charge is 2.07. The molecular weight excluding hydrogens is 204 g/mol. The van der Waals surface area contributed by atoms with Gasteiger partial charge in [-0.2, -0.15) is 5.10 Å². The molecule has 0 bridgehead atoms. The van der Waals surface area contributed by atoms with E-state index in [0.29, 0.717) is 11.6 Å². The van der Waals surface area contributed by atoms with Gasteiger partial charge in [0.25, 0.3) is 0 Å². The fraction of sp³-hybridized carbons (Fsp3) is 0.167. The van der Waals surface area contributed by atoms with E-state index in [1.54, 1.807) is 11.7 Å². The number of ether oxygens (including phenoxy) is 1. The number of benzene rings is 1. The molecular formula is C12H12N2O2. The monoisotopic (exact) mass is 216 g/mol. The zero-order valence-electron chi connectivity index (χ0n) is 9.18. The molecule has 1 heterocycles. The number of aryl methyl sites for hydroxylation is 1. The Bertz CT molecular complexity index is 547. The number of rotatable bonds is 2. The van der Waals surface area contributed by atoms with E-state index >= 15 is 0 Å². The Morgan fingerprint density at radius 3 is 2.56 bits per heavy atom. The molecule has 0 fully saturated rings. The summed E-state index contributed by atoms with van der Waals surface area (Å²) in [4.78, 5) is 11.8. The normalized spacial score (nSPS) is 10.1. The lowest BCUT2D eigenvalue weighted by Crippen LogP contribution is -2.14. The Hall–Kier alpha value is -2.10. The fourth-order valence-electron chi connectivity index (χ4n) is 1.51. The summed E-state index contributed by atoms with van der Waals surface area (Å²) < 4.78 is 6.56. The topological polar surface area (TPSA) is 44.1 Å². The number of hydrogen-bond acceptors (Lipinski definition) is 3. The van der Waals surface area contributed by atoms with E-state index in [2.05, 4.69) is 5.10 Å². The first-order valence-electron chi connectivity index (χ1n) is 4.90. The minimum Gasteiger partial charge on any atom is -0.481 e. The molecule has 0 saturated heterocycles. The predicted molar refractivity (Wildman–Crippen MR) is 61.5 cm³/mol. The fourth-order valence-corrected chi connectivity index (χ4v) is 1.51. The first-order valence-corrected chi connectivity index (χ1v) is 4.90. The van der Waals surface area contributed by atoms with Gasteiger partial charge < -0.3 is 4.74 Å². The lowest BCUT2D eigenvalue weighted by Gasteiger charge is -2.07. The second-order valence-corrected chi connectivity index (χ2v) is 3.39. The minimum absolute atomic E-state index is 0.138.